The van der Waals surface area contributed by atoms with Crippen LogP contribution in [0.15, 0.2) is 35.2 Å². The lowest BCUT2D eigenvalue weighted by atomic mass is 10.1. The Hall–Kier alpha value is -1.48. The van der Waals surface area contributed by atoms with E-state index in [-0.39, 0.29) is 18.0 Å². The van der Waals surface area contributed by atoms with Crippen LogP contribution in [0.5, 0.6) is 0 Å². The van der Waals surface area contributed by atoms with Crippen molar-refractivity contribution in [3.8, 4) is 0 Å². The number of esters is 1. The highest BCUT2D eigenvalue weighted by atomic mass is 32.2. The summed E-state index contributed by atoms with van der Waals surface area (Å²) in [6.45, 7) is 4.94. The summed E-state index contributed by atoms with van der Waals surface area (Å²) in [5, 5.41) is 10.2. The summed E-state index contributed by atoms with van der Waals surface area (Å²) in [7, 11) is -3.50. The second-order valence-electron chi connectivity index (χ2n) is 5.99. The molecule has 1 aliphatic rings. The molecule has 134 valence electrons. The maximum atomic E-state index is 12.6. The first-order valence-electron chi connectivity index (χ1n) is 7.94. The van der Waals surface area contributed by atoms with Crippen molar-refractivity contribution in [2.24, 2.45) is 0 Å². The van der Waals surface area contributed by atoms with Crippen LogP contribution in [0.2, 0.25) is 0 Å². The van der Waals surface area contributed by atoms with E-state index in [4.69, 9.17) is 4.74 Å². The first-order chi connectivity index (χ1) is 11.3. The van der Waals surface area contributed by atoms with Gasteiger partial charge in [-0.25, -0.2) is 13.2 Å². The van der Waals surface area contributed by atoms with E-state index in [1.165, 1.54) is 11.2 Å². The van der Waals surface area contributed by atoms with Crippen LogP contribution in [0.25, 0.3) is 0 Å². The molecule has 8 heteroatoms. The van der Waals surface area contributed by atoms with Crippen molar-refractivity contribution in [1.29, 1.82) is 0 Å². The molecule has 1 saturated heterocycles. The van der Waals surface area contributed by atoms with Gasteiger partial charge in [0.15, 0.2) is 5.60 Å². The molecule has 1 atom stereocenters. The van der Waals surface area contributed by atoms with E-state index in [1.54, 1.807) is 37.3 Å². The molecule has 0 aliphatic carbocycles. The van der Waals surface area contributed by atoms with Crippen LogP contribution in [-0.4, -0.2) is 73.6 Å². The fraction of sp³-hybridized carbons (Fsp3) is 0.562. The fourth-order valence-corrected chi connectivity index (χ4v) is 4.10. The highest BCUT2D eigenvalue weighted by Gasteiger charge is 2.36. The number of ether oxygens (including phenoxy) is 1. The number of hydrogen-bond acceptors (Lipinski definition) is 6. The predicted octanol–water partition coefficient (Wildman–Crippen LogP) is 0.307. The topological polar surface area (TPSA) is 87.2 Å². The van der Waals surface area contributed by atoms with Gasteiger partial charge in [-0.3, -0.25) is 4.90 Å². The molecule has 0 saturated carbocycles. The summed E-state index contributed by atoms with van der Waals surface area (Å²) in [6, 6.07) is 8.31. The van der Waals surface area contributed by atoms with Gasteiger partial charge in [0, 0.05) is 32.7 Å². The Morgan fingerprint density at radius 3 is 2.33 bits per heavy atom. The number of carbonyl (C=O) groups excluding carboxylic acids is 1. The smallest absolute Gasteiger partial charge is 0.339 e. The Kier molecular flexibility index (Phi) is 5.97. The van der Waals surface area contributed by atoms with Gasteiger partial charge < -0.3 is 9.84 Å². The van der Waals surface area contributed by atoms with Crippen LogP contribution in [0.3, 0.4) is 0 Å². The van der Waals surface area contributed by atoms with Gasteiger partial charge in [-0.15, -0.1) is 0 Å². The molecule has 0 radical (unpaired) electrons. The summed E-state index contributed by atoms with van der Waals surface area (Å²) in [6.07, 6.45) is 0. The van der Waals surface area contributed by atoms with Gasteiger partial charge in [0.2, 0.25) is 10.0 Å². The lowest BCUT2D eigenvalue weighted by molar-refractivity contribution is -0.165. The van der Waals surface area contributed by atoms with Crippen molar-refractivity contribution in [3.63, 3.8) is 0 Å². The average molecular weight is 356 g/mol. The van der Waals surface area contributed by atoms with Gasteiger partial charge in [0.1, 0.15) is 0 Å². The van der Waals surface area contributed by atoms with E-state index in [0.717, 1.165) is 0 Å². The van der Waals surface area contributed by atoms with E-state index in [1.807, 2.05) is 4.90 Å². The lowest BCUT2D eigenvalue weighted by Gasteiger charge is -2.36. The number of rotatable bonds is 6. The zero-order chi connectivity index (χ0) is 17.8. The van der Waals surface area contributed by atoms with Crippen LogP contribution in [0.4, 0.5) is 0 Å². The van der Waals surface area contributed by atoms with Gasteiger partial charge in [-0.1, -0.05) is 18.2 Å². The minimum absolute atomic E-state index is 0.116. The first kappa shape index (κ1) is 18.9. The normalized spacial score (nSPS) is 19.6. The molecule has 1 heterocycles. The molecule has 0 aromatic heterocycles. The van der Waals surface area contributed by atoms with Gasteiger partial charge in [-0.2, -0.15) is 4.31 Å². The SMILES string of the molecule is CCOC(=O)[C@@](C)(O)CN1CCN(S(=O)(=O)c2ccccc2)CC1. The maximum absolute atomic E-state index is 12.6. The molecule has 0 amide bonds. The molecule has 0 spiro atoms. The third-order valence-corrected chi connectivity index (χ3v) is 5.87. The van der Waals surface area contributed by atoms with E-state index in [2.05, 4.69) is 0 Å². The molecule has 1 aromatic rings. The second kappa shape index (κ2) is 7.60. The summed E-state index contributed by atoms with van der Waals surface area (Å²) in [5.41, 5.74) is -1.60. The van der Waals surface area contributed by atoms with Gasteiger partial charge in [0.05, 0.1) is 11.5 Å². The monoisotopic (exact) mass is 356 g/mol. The van der Waals surface area contributed by atoms with E-state index in [9.17, 15) is 18.3 Å². The number of aliphatic hydroxyl groups is 1. The van der Waals surface area contributed by atoms with Gasteiger partial charge in [-0.05, 0) is 26.0 Å². The Balaban J connectivity index is 1.95. The van der Waals surface area contributed by atoms with Crippen molar-refractivity contribution >= 4 is 16.0 Å². The highest BCUT2D eigenvalue weighted by molar-refractivity contribution is 7.89. The van der Waals surface area contributed by atoms with E-state index in [0.29, 0.717) is 26.2 Å². The number of nitrogens with zero attached hydrogens (tertiary/aromatic N) is 2. The van der Waals surface area contributed by atoms with Crippen LogP contribution in [-0.2, 0) is 19.6 Å². The van der Waals surface area contributed by atoms with Crippen LogP contribution >= 0.6 is 0 Å². The molecule has 1 fully saturated rings. The zero-order valence-corrected chi connectivity index (χ0v) is 14.8. The van der Waals surface area contributed by atoms with Gasteiger partial charge >= 0.3 is 5.97 Å². The molecule has 1 N–H and O–H groups in total. The molecule has 2 rings (SSSR count). The third-order valence-electron chi connectivity index (χ3n) is 3.96. The minimum Gasteiger partial charge on any atom is -0.464 e. The number of benzene rings is 1. The summed E-state index contributed by atoms with van der Waals surface area (Å²) in [5.74, 6) is -0.663. The Bertz CT molecular complexity index is 652. The predicted molar refractivity (Wildman–Crippen MR) is 88.9 cm³/mol. The third kappa shape index (κ3) is 4.32. The molecule has 7 nitrogen and oxygen atoms in total. The number of carbonyl (C=O) groups is 1. The van der Waals surface area contributed by atoms with Crippen molar-refractivity contribution in [2.75, 3.05) is 39.3 Å². The molecule has 1 aromatic carbocycles. The summed E-state index contributed by atoms with van der Waals surface area (Å²) >= 11 is 0. The number of piperazine rings is 1. The standard InChI is InChI=1S/C16H24N2O5S/c1-3-23-15(19)16(2,20)13-17-9-11-18(12-10-17)24(21,22)14-7-5-4-6-8-14/h4-8,20H,3,9-13H2,1-2H3/t16-/m0/s1. The number of sulfonamides is 1. The van der Waals surface area contributed by atoms with Crippen molar-refractivity contribution < 1.29 is 23.1 Å². The van der Waals surface area contributed by atoms with Crippen LogP contribution < -0.4 is 0 Å². The fourth-order valence-electron chi connectivity index (χ4n) is 2.66. The number of hydrogen-bond donors (Lipinski definition) is 1. The number of β-amino-alcohol motifs (C(OH)–C–C–N with tert-alkyl or cyclic N) is 1. The summed E-state index contributed by atoms with van der Waals surface area (Å²) in [4.78, 5) is 13.9. The van der Waals surface area contributed by atoms with Crippen molar-refractivity contribution in [3.05, 3.63) is 30.3 Å². The highest BCUT2D eigenvalue weighted by Crippen LogP contribution is 2.18. The molecule has 0 bridgehead atoms. The largest absolute Gasteiger partial charge is 0.464 e. The Morgan fingerprint density at radius 2 is 1.79 bits per heavy atom. The summed E-state index contributed by atoms with van der Waals surface area (Å²) < 4.78 is 31.4. The Labute approximate surface area is 142 Å². The molecular formula is C16H24N2O5S. The van der Waals surface area contributed by atoms with Gasteiger partial charge in [0.25, 0.3) is 0 Å². The first-order valence-corrected chi connectivity index (χ1v) is 9.38. The quantitative estimate of drug-likeness (QED) is 0.738. The van der Waals surface area contributed by atoms with E-state index < -0.39 is 21.6 Å². The maximum Gasteiger partial charge on any atom is 0.339 e. The molecular weight excluding hydrogens is 332 g/mol. The minimum atomic E-state index is -3.50. The Morgan fingerprint density at radius 1 is 1.21 bits per heavy atom. The van der Waals surface area contributed by atoms with Crippen molar-refractivity contribution in [1.82, 2.24) is 9.21 Å². The average Bonchev–Trinajstić information content (AvgIpc) is 2.56. The van der Waals surface area contributed by atoms with E-state index >= 15 is 0 Å². The molecule has 24 heavy (non-hydrogen) atoms. The van der Waals surface area contributed by atoms with Crippen LogP contribution in [0.1, 0.15) is 13.8 Å². The van der Waals surface area contributed by atoms with Crippen molar-refractivity contribution in [2.45, 2.75) is 24.3 Å². The van der Waals surface area contributed by atoms with Crippen LogP contribution in [0, 0.1) is 0 Å². The lowest BCUT2D eigenvalue weighted by Crippen LogP contribution is -2.54. The molecule has 1 aliphatic heterocycles. The second-order valence-corrected chi connectivity index (χ2v) is 7.93. The molecule has 0 unspecified atom stereocenters. The zero-order valence-electron chi connectivity index (χ0n) is 14.0.